The summed E-state index contributed by atoms with van der Waals surface area (Å²) < 4.78 is 0.878. The Bertz CT molecular complexity index is 466. The molecule has 18 heavy (non-hydrogen) atoms. The van der Waals surface area contributed by atoms with Gasteiger partial charge >= 0.3 is 5.97 Å². The highest BCUT2D eigenvalue weighted by molar-refractivity contribution is 9.10. The van der Waals surface area contributed by atoms with Crippen molar-refractivity contribution in [2.24, 2.45) is 11.8 Å². The first-order chi connectivity index (χ1) is 8.47. The lowest BCUT2D eigenvalue weighted by Crippen LogP contribution is -2.23. The third-order valence-electron chi connectivity index (χ3n) is 3.40. The Labute approximate surface area is 120 Å². The van der Waals surface area contributed by atoms with Gasteiger partial charge in [-0.15, -0.1) is 0 Å². The molecule has 1 aromatic carbocycles. The summed E-state index contributed by atoms with van der Waals surface area (Å²) in [5.74, 6) is -0.735. The third kappa shape index (κ3) is 3.05. The molecule has 0 spiro atoms. The van der Waals surface area contributed by atoms with E-state index in [-0.39, 0.29) is 11.8 Å². The molecular formula is C13H15BrClNO2. The second kappa shape index (κ2) is 5.59. The van der Waals surface area contributed by atoms with Crippen molar-refractivity contribution in [3.05, 3.63) is 33.3 Å². The van der Waals surface area contributed by atoms with Gasteiger partial charge in [0.2, 0.25) is 0 Å². The molecule has 0 radical (unpaired) electrons. The van der Waals surface area contributed by atoms with Crippen LogP contribution in [0.15, 0.2) is 22.7 Å². The van der Waals surface area contributed by atoms with Gasteiger partial charge < -0.3 is 5.11 Å². The molecule has 1 heterocycles. The van der Waals surface area contributed by atoms with Crippen molar-refractivity contribution in [1.82, 2.24) is 4.90 Å². The van der Waals surface area contributed by atoms with Crippen LogP contribution in [0.3, 0.4) is 0 Å². The summed E-state index contributed by atoms with van der Waals surface area (Å²) in [5.41, 5.74) is 1.14. The van der Waals surface area contributed by atoms with Crippen LogP contribution < -0.4 is 0 Å². The second-order valence-electron chi connectivity index (χ2n) is 4.86. The van der Waals surface area contributed by atoms with E-state index < -0.39 is 5.97 Å². The number of hydrogen-bond acceptors (Lipinski definition) is 2. The molecule has 1 fully saturated rings. The van der Waals surface area contributed by atoms with Crippen LogP contribution >= 0.6 is 27.5 Å². The van der Waals surface area contributed by atoms with Gasteiger partial charge in [-0.1, -0.05) is 24.6 Å². The van der Waals surface area contributed by atoms with Crippen LogP contribution in [0.4, 0.5) is 0 Å². The Kier molecular flexibility index (Phi) is 4.30. The number of aliphatic carboxylic acids is 1. The fraction of sp³-hybridized carbons (Fsp3) is 0.462. The first-order valence-corrected chi connectivity index (χ1v) is 7.03. The molecule has 0 aliphatic carbocycles. The lowest BCUT2D eigenvalue weighted by Gasteiger charge is -2.15. The van der Waals surface area contributed by atoms with E-state index in [2.05, 4.69) is 20.8 Å². The smallest absolute Gasteiger partial charge is 0.308 e. The normalized spacial score (nSPS) is 24.4. The summed E-state index contributed by atoms with van der Waals surface area (Å²) in [6, 6.07) is 5.82. The molecule has 1 aliphatic rings. The lowest BCUT2D eigenvalue weighted by atomic mass is 9.99. The molecule has 1 aromatic rings. The fourth-order valence-electron chi connectivity index (χ4n) is 2.41. The number of benzene rings is 1. The van der Waals surface area contributed by atoms with Crippen LogP contribution in [0.5, 0.6) is 0 Å². The molecule has 1 saturated heterocycles. The van der Waals surface area contributed by atoms with E-state index in [4.69, 9.17) is 16.7 Å². The zero-order valence-electron chi connectivity index (χ0n) is 10.1. The predicted molar refractivity (Wildman–Crippen MR) is 74.7 cm³/mol. The molecule has 3 nitrogen and oxygen atoms in total. The Morgan fingerprint density at radius 2 is 2.28 bits per heavy atom. The zero-order valence-corrected chi connectivity index (χ0v) is 12.4. The van der Waals surface area contributed by atoms with Crippen LogP contribution in [-0.2, 0) is 11.3 Å². The molecule has 2 rings (SSSR count). The first kappa shape index (κ1) is 13.8. The average Bonchev–Trinajstić information content (AvgIpc) is 2.65. The summed E-state index contributed by atoms with van der Waals surface area (Å²) in [6.45, 7) is 4.22. The van der Waals surface area contributed by atoms with Crippen molar-refractivity contribution < 1.29 is 9.90 Å². The molecule has 0 aromatic heterocycles. The summed E-state index contributed by atoms with van der Waals surface area (Å²) in [5, 5.41) is 9.79. The third-order valence-corrected chi connectivity index (χ3v) is 4.61. The number of rotatable bonds is 3. The maximum atomic E-state index is 11.1. The van der Waals surface area contributed by atoms with Gasteiger partial charge in [-0.2, -0.15) is 0 Å². The molecule has 1 N–H and O–H groups in total. The molecule has 0 amide bonds. The summed E-state index contributed by atoms with van der Waals surface area (Å²) in [4.78, 5) is 13.2. The molecule has 0 bridgehead atoms. The monoisotopic (exact) mass is 331 g/mol. The number of nitrogens with zero attached hydrogens (tertiary/aromatic N) is 1. The van der Waals surface area contributed by atoms with Crippen molar-refractivity contribution >= 4 is 33.5 Å². The highest BCUT2D eigenvalue weighted by atomic mass is 79.9. The van der Waals surface area contributed by atoms with E-state index in [1.54, 1.807) is 0 Å². The summed E-state index contributed by atoms with van der Waals surface area (Å²) in [7, 11) is 0. The molecule has 5 heteroatoms. The highest BCUT2D eigenvalue weighted by Gasteiger charge is 2.34. The second-order valence-corrected chi connectivity index (χ2v) is 6.13. The van der Waals surface area contributed by atoms with Gasteiger partial charge in [0.25, 0.3) is 0 Å². The Morgan fingerprint density at radius 3 is 2.83 bits per heavy atom. The van der Waals surface area contributed by atoms with Gasteiger partial charge in [-0.05, 0) is 39.5 Å². The number of likely N-dealkylation sites (tertiary alicyclic amines) is 1. The predicted octanol–water partition coefficient (Wildman–Crippen LogP) is 3.26. The number of halogens is 2. The van der Waals surface area contributed by atoms with E-state index >= 15 is 0 Å². The quantitative estimate of drug-likeness (QED) is 0.923. The molecule has 0 saturated carbocycles. The first-order valence-electron chi connectivity index (χ1n) is 5.86. The van der Waals surface area contributed by atoms with E-state index in [9.17, 15) is 4.79 Å². The maximum Gasteiger partial charge on any atom is 0.308 e. The Morgan fingerprint density at radius 1 is 1.56 bits per heavy atom. The molecule has 1 aliphatic heterocycles. The van der Waals surface area contributed by atoms with Crippen molar-refractivity contribution in [1.29, 1.82) is 0 Å². The van der Waals surface area contributed by atoms with Crippen LogP contribution in [-0.4, -0.2) is 29.1 Å². The summed E-state index contributed by atoms with van der Waals surface area (Å²) >= 11 is 9.34. The zero-order chi connectivity index (χ0) is 13.3. The van der Waals surface area contributed by atoms with Crippen LogP contribution in [0.1, 0.15) is 12.5 Å². The number of carboxylic acid groups (broad SMARTS) is 1. The Hall–Kier alpha value is -0.580. The molecule has 2 atom stereocenters. The van der Waals surface area contributed by atoms with Gasteiger partial charge in [-0.3, -0.25) is 9.69 Å². The van der Waals surface area contributed by atoms with Crippen LogP contribution in [0.2, 0.25) is 5.02 Å². The molecule has 98 valence electrons. The highest BCUT2D eigenvalue weighted by Crippen LogP contribution is 2.27. The van der Waals surface area contributed by atoms with Crippen molar-refractivity contribution in [3.8, 4) is 0 Å². The van der Waals surface area contributed by atoms with Crippen LogP contribution in [0.25, 0.3) is 0 Å². The van der Waals surface area contributed by atoms with E-state index in [1.165, 1.54) is 0 Å². The lowest BCUT2D eigenvalue weighted by molar-refractivity contribution is -0.142. The van der Waals surface area contributed by atoms with Crippen molar-refractivity contribution in [2.45, 2.75) is 13.5 Å². The van der Waals surface area contributed by atoms with Crippen LogP contribution in [0, 0.1) is 11.8 Å². The van der Waals surface area contributed by atoms with Gasteiger partial charge in [0.15, 0.2) is 0 Å². The Balaban J connectivity index is 2.03. The fourth-order valence-corrected chi connectivity index (χ4v) is 2.96. The van der Waals surface area contributed by atoms with E-state index in [0.717, 1.165) is 23.1 Å². The van der Waals surface area contributed by atoms with Crippen molar-refractivity contribution in [2.75, 3.05) is 13.1 Å². The standard InChI is InChI=1S/C13H15BrClNO2/c1-8-5-16(7-10(8)13(17)18)6-9-2-3-12(15)11(14)4-9/h2-4,8,10H,5-7H2,1H3,(H,17,18). The molecular weight excluding hydrogens is 318 g/mol. The summed E-state index contributed by atoms with van der Waals surface area (Å²) in [6.07, 6.45) is 0. The number of carboxylic acids is 1. The topological polar surface area (TPSA) is 40.5 Å². The SMILES string of the molecule is CC1CN(Cc2ccc(Cl)c(Br)c2)CC1C(=O)O. The average molecular weight is 333 g/mol. The maximum absolute atomic E-state index is 11.1. The van der Waals surface area contributed by atoms with Gasteiger partial charge in [0, 0.05) is 24.1 Å². The number of hydrogen-bond donors (Lipinski definition) is 1. The minimum Gasteiger partial charge on any atom is -0.481 e. The minimum absolute atomic E-state index is 0.207. The minimum atomic E-state index is -0.692. The van der Waals surface area contributed by atoms with Gasteiger partial charge in [-0.25, -0.2) is 0 Å². The van der Waals surface area contributed by atoms with Gasteiger partial charge in [0.1, 0.15) is 0 Å². The van der Waals surface area contributed by atoms with E-state index in [1.807, 2.05) is 25.1 Å². The van der Waals surface area contributed by atoms with Gasteiger partial charge in [0.05, 0.1) is 10.9 Å². The van der Waals surface area contributed by atoms with E-state index in [0.29, 0.717) is 11.6 Å². The number of carbonyl (C=O) groups is 1. The molecule has 2 unspecified atom stereocenters. The largest absolute Gasteiger partial charge is 0.481 e. The van der Waals surface area contributed by atoms with Crippen molar-refractivity contribution in [3.63, 3.8) is 0 Å².